The highest BCUT2D eigenvalue weighted by Crippen LogP contribution is 2.36. The van der Waals surface area contributed by atoms with Gasteiger partial charge >= 0.3 is 5.97 Å². The second-order valence-corrected chi connectivity index (χ2v) is 8.20. The van der Waals surface area contributed by atoms with Crippen LogP contribution in [0.25, 0.3) is 11.1 Å². The maximum atomic E-state index is 14.0. The summed E-state index contributed by atoms with van der Waals surface area (Å²) >= 11 is 5.96. The zero-order valence-electron chi connectivity index (χ0n) is 16.2. The molecule has 0 bridgehead atoms. The first-order valence-electron chi connectivity index (χ1n) is 9.49. The van der Waals surface area contributed by atoms with Crippen molar-refractivity contribution in [3.8, 4) is 11.1 Å². The summed E-state index contributed by atoms with van der Waals surface area (Å²) in [5.74, 6) is -1.38. The minimum Gasteiger partial charge on any atom is -0.481 e. The minimum atomic E-state index is -1.01. The highest BCUT2D eigenvalue weighted by molar-refractivity contribution is 6.30. The fraction of sp³-hybridized carbons (Fsp3) is 0.364. The van der Waals surface area contributed by atoms with Crippen molar-refractivity contribution in [2.75, 3.05) is 13.1 Å². The monoisotopic (exact) mass is 418 g/mol. The molecule has 0 aromatic heterocycles. The van der Waals surface area contributed by atoms with Gasteiger partial charge in [-0.05, 0) is 48.6 Å². The Hall–Kier alpha value is -2.44. The van der Waals surface area contributed by atoms with Crippen molar-refractivity contribution in [2.45, 2.75) is 32.2 Å². The second-order valence-electron chi connectivity index (χ2n) is 7.77. The number of rotatable bonds is 6. The van der Waals surface area contributed by atoms with Crippen LogP contribution in [-0.4, -0.2) is 41.0 Å². The quantitative estimate of drug-likeness (QED) is 0.748. The Morgan fingerprint density at radius 3 is 2.55 bits per heavy atom. The van der Waals surface area contributed by atoms with Crippen molar-refractivity contribution in [1.29, 1.82) is 0 Å². The van der Waals surface area contributed by atoms with Crippen molar-refractivity contribution < 1.29 is 19.1 Å². The average Bonchev–Trinajstić information content (AvgIpc) is 3.10. The van der Waals surface area contributed by atoms with Gasteiger partial charge in [0.1, 0.15) is 5.82 Å². The molecule has 2 aromatic rings. The normalized spacial score (nSPS) is 19.9. The zero-order valence-corrected chi connectivity index (χ0v) is 17.0. The van der Waals surface area contributed by atoms with E-state index in [1.165, 1.54) is 19.1 Å². The Kier molecular flexibility index (Phi) is 6.24. The molecular formula is C22H24ClFN2O3. The molecule has 1 unspecified atom stereocenters. The number of amides is 1. The minimum absolute atomic E-state index is 0.120. The van der Waals surface area contributed by atoms with Gasteiger partial charge in [0.15, 0.2) is 0 Å². The molecule has 29 heavy (non-hydrogen) atoms. The Labute approximate surface area is 174 Å². The van der Waals surface area contributed by atoms with E-state index < -0.39 is 11.4 Å². The average molecular weight is 419 g/mol. The third-order valence-electron chi connectivity index (χ3n) is 5.60. The first kappa shape index (κ1) is 21.3. The molecule has 2 atom stereocenters. The van der Waals surface area contributed by atoms with Crippen molar-refractivity contribution >= 4 is 23.5 Å². The maximum absolute atomic E-state index is 14.0. The molecule has 0 saturated carbocycles. The predicted octanol–water partition coefficient (Wildman–Crippen LogP) is 3.73. The molecular weight excluding hydrogens is 395 g/mol. The van der Waals surface area contributed by atoms with Gasteiger partial charge in [-0.25, -0.2) is 4.39 Å². The van der Waals surface area contributed by atoms with Gasteiger partial charge in [0.25, 0.3) is 0 Å². The molecule has 0 radical (unpaired) electrons. The van der Waals surface area contributed by atoms with Gasteiger partial charge in [-0.2, -0.15) is 0 Å². The summed E-state index contributed by atoms with van der Waals surface area (Å²) < 4.78 is 14.0. The van der Waals surface area contributed by atoms with Gasteiger partial charge in [0.2, 0.25) is 5.91 Å². The summed E-state index contributed by atoms with van der Waals surface area (Å²) in [6.45, 7) is 2.08. The second kappa shape index (κ2) is 8.51. The molecule has 0 spiro atoms. The largest absolute Gasteiger partial charge is 0.481 e. The molecule has 1 saturated heterocycles. The number of nitrogens with two attached hydrogens (primary N) is 1. The summed E-state index contributed by atoms with van der Waals surface area (Å²) in [6.07, 6.45) is 1.19. The lowest BCUT2D eigenvalue weighted by molar-refractivity contribution is -0.149. The van der Waals surface area contributed by atoms with Crippen molar-refractivity contribution in [1.82, 2.24) is 4.90 Å². The highest BCUT2D eigenvalue weighted by Gasteiger charge is 2.46. The van der Waals surface area contributed by atoms with E-state index in [4.69, 9.17) is 17.3 Å². The Balaban J connectivity index is 1.69. The van der Waals surface area contributed by atoms with E-state index in [2.05, 4.69) is 0 Å². The van der Waals surface area contributed by atoms with Crippen LogP contribution >= 0.6 is 11.6 Å². The molecule has 1 aliphatic rings. The van der Waals surface area contributed by atoms with Crippen LogP contribution < -0.4 is 5.73 Å². The van der Waals surface area contributed by atoms with Gasteiger partial charge in [-0.15, -0.1) is 0 Å². The summed E-state index contributed by atoms with van der Waals surface area (Å²) in [7, 11) is 0. The molecule has 2 aromatic carbocycles. The van der Waals surface area contributed by atoms with Crippen LogP contribution in [0.5, 0.6) is 0 Å². The Morgan fingerprint density at radius 2 is 1.97 bits per heavy atom. The molecule has 0 aliphatic carbocycles. The molecule has 3 rings (SSSR count). The number of benzene rings is 2. The Morgan fingerprint density at radius 1 is 1.28 bits per heavy atom. The molecule has 1 heterocycles. The van der Waals surface area contributed by atoms with E-state index in [1.54, 1.807) is 23.1 Å². The number of carbonyl (C=O) groups is 2. The Bertz CT molecular complexity index is 919. The number of aliphatic carboxylic acids is 1. The lowest BCUT2D eigenvalue weighted by atomic mass is 9.79. The molecule has 1 aliphatic heterocycles. The first-order valence-corrected chi connectivity index (χ1v) is 9.87. The number of carbonyl (C=O) groups excluding carboxylic acids is 1. The number of likely N-dealkylation sites (tertiary alicyclic amines) is 1. The van der Waals surface area contributed by atoms with Gasteiger partial charge in [-0.1, -0.05) is 35.9 Å². The van der Waals surface area contributed by atoms with E-state index in [-0.39, 0.29) is 30.7 Å². The SMILES string of the molecule is CC(=O)N1CCC(C[C@@H](N)Cc2ccc(-c3cc(Cl)ccc3F)cc2)(C(=O)O)C1. The number of carboxylic acid groups (broad SMARTS) is 1. The number of hydrogen-bond donors (Lipinski definition) is 2. The molecule has 5 nitrogen and oxygen atoms in total. The third kappa shape index (κ3) is 4.77. The standard InChI is InChI=1S/C22H24ClFN2O3/c1-14(27)26-9-8-22(13-26,21(28)29)12-18(25)10-15-2-4-16(5-3-15)19-11-17(23)6-7-20(19)24/h2-7,11,18H,8-10,12-13,25H2,1H3,(H,28,29)/t18-,22?/m0/s1. The predicted molar refractivity (Wildman–Crippen MR) is 110 cm³/mol. The van der Waals surface area contributed by atoms with Crippen LogP contribution in [0.2, 0.25) is 5.02 Å². The number of hydrogen-bond acceptors (Lipinski definition) is 3. The number of carboxylic acids is 1. The van der Waals surface area contributed by atoms with Crippen LogP contribution in [0, 0.1) is 11.2 Å². The smallest absolute Gasteiger partial charge is 0.311 e. The van der Waals surface area contributed by atoms with Crippen LogP contribution in [-0.2, 0) is 16.0 Å². The fourth-order valence-corrected chi connectivity index (χ4v) is 4.16. The summed E-state index contributed by atoms with van der Waals surface area (Å²) in [5.41, 5.74) is 7.34. The van der Waals surface area contributed by atoms with Crippen LogP contribution in [0.4, 0.5) is 4.39 Å². The lowest BCUT2D eigenvalue weighted by Crippen LogP contribution is -2.41. The molecule has 1 amide bonds. The van der Waals surface area contributed by atoms with Crippen LogP contribution in [0.1, 0.15) is 25.3 Å². The van der Waals surface area contributed by atoms with Crippen LogP contribution in [0.3, 0.4) is 0 Å². The third-order valence-corrected chi connectivity index (χ3v) is 5.83. The van der Waals surface area contributed by atoms with E-state index in [0.717, 1.165) is 5.56 Å². The van der Waals surface area contributed by atoms with Gasteiger partial charge in [0.05, 0.1) is 5.41 Å². The van der Waals surface area contributed by atoms with Gasteiger partial charge < -0.3 is 15.7 Å². The fourth-order valence-electron chi connectivity index (χ4n) is 3.99. The topological polar surface area (TPSA) is 83.6 Å². The van der Waals surface area contributed by atoms with Crippen LogP contribution in [0.15, 0.2) is 42.5 Å². The number of nitrogens with zero attached hydrogens (tertiary/aromatic N) is 1. The molecule has 154 valence electrons. The van der Waals surface area contributed by atoms with Gasteiger partial charge in [0, 0.05) is 36.6 Å². The van der Waals surface area contributed by atoms with E-state index >= 15 is 0 Å². The number of halogens is 2. The van der Waals surface area contributed by atoms with Crippen molar-refractivity contribution in [3.05, 3.63) is 58.9 Å². The van der Waals surface area contributed by atoms with E-state index in [0.29, 0.717) is 35.5 Å². The summed E-state index contributed by atoms with van der Waals surface area (Å²) in [4.78, 5) is 25.1. The molecule has 1 fully saturated rings. The van der Waals surface area contributed by atoms with E-state index in [9.17, 15) is 19.1 Å². The zero-order chi connectivity index (χ0) is 21.2. The van der Waals surface area contributed by atoms with E-state index in [1.807, 2.05) is 12.1 Å². The highest BCUT2D eigenvalue weighted by atomic mass is 35.5. The van der Waals surface area contributed by atoms with Gasteiger partial charge in [-0.3, -0.25) is 9.59 Å². The molecule has 7 heteroatoms. The van der Waals surface area contributed by atoms with Crippen molar-refractivity contribution in [2.24, 2.45) is 11.1 Å². The lowest BCUT2D eigenvalue weighted by Gasteiger charge is -2.27. The summed E-state index contributed by atoms with van der Waals surface area (Å²) in [5, 5.41) is 10.2. The van der Waals surface area contributed by atoms with Crippen molar-refractivity contribution in [3.63, 3.8) is 0 Å². The first-order chi connectivity index (χ1) is 13.7. The molecule has 3 N–H and O–H groups in total. The maximum Gasteiger partial charge on any atom is 0.311 e. The summed E-state index contributed by atoms with van der Waals surface area (Å²) in [6, 6.07) is 11.4.